The third kappa shape index (κ3) is 8.67. The van der Waals surface area contributed by atoms with Crippen LogP contribution in [0, 0.1) is 0 Å². The molecule has 0 saturated carbocycles. The van der Waals surface area contributed by atoms with E-state index in [2.05, 4.69) is 0 Å². The highest BCUT2D eigenvalue weighted by Gasteiger charge is 2.41. The summed E-state index contributed by atoms with van der Waals surface area (Å²) < 4.78 is 122. The van der Waals surface area contributed by atoms with Crippen molar-refractivity contribution in [3.05, 3.63) is 73.7 Å². The van der Waals surface area contributed by atoms with Crippen LogP contribution in [-0.4, -0.2) is 37.0 Å². The van der Waals surface area contributed by atoms with E-state index in [1.807, 2.05) is 5.32 Å². The largest absolute Gasteiger partial charge is 0.417 e. The van der Waals surface area contributed by atoms with Crippen LogP contribution in [0.3, 0.4) is 0 Å². The Balaban J connectivity index is 2.47. The Kier molecular flexibility index (Phi) is 10.6. The summed E-state index contributed by atoms with van der Waals surface area (Å²) in [6.07, 6.45) is -13.3. The number of nitrogens with one attached hydrogen (secondary N) is 2. The number of alkyl halides is 8. The van der Waals surface area contributed by atoms with Crippen LogP contribution < -0.4 is 10.6 Å². The molecule has 0 aliphatic heterocycles. The number of amides is 2. The van der Waals surface area contributed by atoms with Crippen molar-refractivity contribution in [3.63, 3.8) is 0 Å². The second-order valence-corrected chi connectivity index (χ2v) is 9.11. The summed E-state index contributed by atoms with van der Waals surface area (Å²) >= 11 is 17.2. The van der Waals surface area contributed by atoms with Gasteiger partial charge < -0.3 is 10.6 Å². The SMILES string of the molecule is C[C@@H](NC(=O)c1ccc(/C(F)=C/C(c2cc(Cl)c(Cl)c(Cl)c2)C(F)(F)F)cc1C(F)(F)F)C(=O)NCC(F)F. The summed E-state index contributed by atoms with van der Waals surface area (Å²) in [5, 5.41) is 2.62. The predicted octanol–water partition coefficient (Wildman–Crippen LogP) is 7.82. The van der Waals surface area contributed by atoms with Gasteiger partial charge in [0.2, 0.25) is 5.91 Å². The number of benzene rings is 2. The number of carbonyl (C=O) groups is 2. The Labute approximate surface area is 230 Å². The van der Waals surface area contributed by atoms with E-state index in [1.54, 1.807) is 5.32 Å². The Morgan fingerprint density at radius 1 is 0.974 bits per heavy atom. The molecule has 2 rings (SSSR count). The fourth-order valence-electron chi connectivity index (χ4n) is 3.17. The summed E-state index contributed by atoms with van der Waals surface area (Å²) in [7, 11) is 0. The molecule has 2 aromatic carbocycles. The highest BCUT2D eigenvalue weighted by molar-refractivity contribution is 6.48. The van der Waals surface area contributed by atoms with Gasteiger partial charge in [0.1, 0.15) is 17.8 Å². The number of hydrogen-bond acceptors (Lipinski definition) is 2. The van der Waals surface area contributed by atoms with Crippen molar-refractivity contribution in [2.45, 2.75) is 37.7 Å². The van der Waals surface area contributed by atoms with E-state index in [0.29, 0.717) is 12.1 Å². The molecule has 0 fully saturated rings. The molecule has 4 nitrogen and oxygen atoms in total. The van der Waals surface area contributed by atoms with E-state index in [1.165, 1.54) is 0 Å². The predicted molar refractivity (Wildman–Crippen MR) is 127 cm³/mol. The van der Waals surface area contributed by atoms with Crippen LogP contribution in [0.2, 0.25) is 15.1 Å². The number of rotatable bonds is 8. The number of allylic oxidation sites excluding steroid dienone is 1. The fourth-order valence-corrected chi connectivity index (χ4v) is 3.79. The average molecular weight is 630 g/mol. The van der Waals surface area contributed by atoms with Crippen molar-refractivity contribution >= 4 is 52.4 Å². The fraction of sp³-hybridized carbons (Fsp3) is 0.304. The normalized spacial score (nSPS) is 14.3. The number of hydrogen-bond donors (Lipinski definition) is 2. The van der Waals surface area contributed by atoms with Crippen LogP contribution in [0.25, 0.3) is 5.83 Å². The van der Waals surface area contributed by atoms with Gasteiger partial charge in [-0.1, -0.05) is 40.9 Å². The molecule has 2 atom stereocenters. The van der Waals surface area contributed by atoms with Crippen molar-refractivity contribution in [2.75, 3.05) is 6.54 Å². The molecule has 2 aromatic rings. The van der Waals surface area contributed by atoms with Gasteiger partial charge in [-0.25, -0.2) is 13.2 Å². The van der Waals surface area contributed by atoms with E-state index in [-0.39, 0.29) is 27.2 Å². The lowest BCUT2D eigenvalue weighted by Crippen LogP contribution is -2.46. The van der Waals surface area contributed by atoms with Gasteiger partial charge in [0.05, 0.1) is 32.7 Å². The van der Waals surface area contributed by atoms with Gasteiger partial charge in [0.15, 0.2) is 0 Å². The van der Waals surface area contributed by atoms with Crippen LogP contribution in [0.1, 0.15) is 39.9 Å². The first kappa shape index (κ1) is 32.6. The van der Waals surface area contributed by atoms with Gasteiger partial charge in [0.25, 0.3) is 12.3 Å². The maximum absolute atomic E-state index is 14.9. The lowest BCUT2D eigenvalue weighted by molar-refractivity contribution is -0.140. The smallest absolute Gasteiger partial charge is 0.349 e. The summed E-state index contributed by atoms with van der Waals surface area (Å²) in [4.78, 5) is 24.1. The Morgan fingerprint density at radius 3 is 2.03 bits per heavy atom. The molecule has 0 heterocycles. The summed E-state index contributed by atoms with van der Waals surface area (Å²) in [5.41, 5.74) is -4.44. The lowest BCUT2D eigenvalue weighted by atomic mass is 9.95. The lowest BCUT2D eigenvalue weighted by Gasteiger charge is -2.19. The maximum Gasteiger partial charge on any atom is 0.417 e. The van der Waals surface area contributed by atoms with E-state index >= 15 is 0 Å². The molecular formula is C23H16Cl3F9N2O2. The minimum Gasteiger partial charge on any atom is -0.349 e. The summed E-state index contributed by atoms with van der Waals surface area (Å²) in [6.45, 7) is -0.0597. The highest BCUT2D eigenvalue weighted by Crippen LogP contribution is 2.42. The molecule has 16 heteroatoms. The van der Waals surface area contributed by atoms with Crippen molar-refractivity contribution < 1.29 is 49.1 Å². The molecule has 0 saturated heterocycles. The van der Waals surface area contributed by atoms with Gasteiger partial charge >= 0.3 is 12.4 Å². The molecule has 39 heavy (non-hydrogen) atoms. The van der Waals surface area contributed by atoms with E-state index in [0.717, 1.165) is 19.1 Å². The standard InChI is InChI=1S/C23H16Cl3F9N2O2/c1-9(20(38)36-8-18(28)29)37-21(39)12-3-2-10(4-14(12)23(33,34)35)17(27)7-13(22(30,31)32)11-5-15(24)19(26)16(25)6-11/h2-7,9,13,18H,8H2,1H3,(H,36,38)(H,37,39)/b17-7-/t9-,13?/m1/s1. The topological polar surface area (TPSA) is 58.2 Å². The average Bonchev–Trinajstić information content (AvgIpc) is 2.82. The molecule has 0 aromatic heterocycles. The van der Waals surface area contributed by atoms with Crippen LogP contribution >= 0.6 is 34.8 Å². The molecule has 2 amide bonds. The van der Waals surface area contributed by atoms with E-state index < -0.39 is 77.2 Å². The maximum atomic E-state index is 14.9. The Morgan fingerprint density at radius 2 is 1.54 bits per heavy atom. The van der Waals surface area contributed by atoms with Crippen molar-refractivity contribution in [3.8, 4) is 0 Å². The molecular weight excluding hydrogens is 614 g/mol. The van der Waals surface area contributed by atoms with Crippen LogP contribution in [-0.2, 0) is 11.0 Å². The third-order valence-electron chi connectivity index (χ3n) is 5.05. The van der Waals surface area contributed by atoms with Crippen molar-refractivity contribution in [2.24, 2.45) is 0 Å². The van der Waals surface area contributed by atoms with Crippen molar-refractivity contribution in [1.82, 2.24) is 10.6 Å². The molecule has 0 aliphatic rings. The number of carbonyl (C=O) groups excluding carboxylic acids is 2. The van der Waals surface area contributed by atoms with E-state index in [9.17, 15) is 49.1 Å². The van der Waals surface area contributed by atoms with Crippen LogP contribution in [0.4, 0.5) is 39.5 Å². The molecule has 0 bridgehead atoms. The molecule has 1 unspecified atom stereocenters. The molecule has 214 valence electrons. The van der Waals surface area contributed by atoms with Gasteiger partial charge in [0, 0.05) is 5.56 Å². The second-order valence-electron chi connectivity index (χ2n) is 7.92. The van der Waals surface area contributed by atoms with E-state index in [4.69, 9.17) is 34.8 Å². The van der Waals surface area contributed by atoms with Crippen LogP contribution in [0.5, 0.6) is 0 Å². The monoisotopic (exact) mass is 628 g/mol. The summed E-state index contributed by atoms with van der Waals surface area (Å²) in [5.74, 6) is -7.02. The van der Waals surface area contributed by atoms with Gasteiger partial charge in [-0.15, -0.1) is 0 Å². The third-order valence-corrected chi connectivity index (χ3v) is 6.24. The highest BCUT2D eigenvalue weighted by atomic mass is 35.5. The Hall–Kier alpha value is -2.64. The summed E-state index contributed by atoms with van der Waals surface area (Å²) in [6, 6.07) is 1.21. The number of halogens is 12. The second kappa shape index (κ2) is 12.7. The molecule has 0 aliphatic carbocycles. The molecule has 0 spiro atoms. The Bertz CT molecular complexity index is 1240. The first-order valence-electron chi connectivity index (χ1n) is 10.5. The first-order valence-corrected chi connectivity index (χ1v) is 11.6. The van der Waals surface area contributed by atoms with Gasteiger partial charge in [-0.05, 0) is 42.8 Å². The zero-order chi connectivity index (χ0) is 29.9. The minimum atomic E-state index is -5.29. The van der Waals surface area contributed by atoms with Crippen LogP contribution in [0.15, 0.2) is 36.4 Å². The minimum absolute atomic E-state index is 0.000545. The molecule has 0 radical (unpaired) electrons. The zero-order valence-corrected chi connectivity index (χ0v) is 21.5. The zero-order valence-electron chi connectivity index (χ0n) is 19.3. The first-order chi connectivity index (χ1) is 17.8. The van der Waals surface area contributed by atoms with Gasteiger partial charge in [-0.2, -0.15) is 26.3 Å². The van der Waals surface area contributed by atoms with Crippen molar-refractivity contribution in [1.29, 1.82) is 0 Å². The quantitative estimate of drug-likeness (QED) is 0.231. The molecule has 2 N–H and O–H groups in total. The van der Waals surface area contributed by atoms with Gasteiger partial charge in [-0.3, -0.25) is 9.59 Å².